The molecule has 0 atom stereocenters. The predicted molar refractivity (Wildman–Crippen MR) is 68.3 cm³/mol. The van der Waals surface area contributed by atoms with Crippen LogP contribution in [0.15, 0.2) is 6.20 Å². The van der Waals surface area contributed by atoms with E-state index in [-0.39, 0.29) is 5.91 Å². The molecule has 0 unspecified atom stereocenters. The third kappa shape index (κ3) is 1.94. The summed E-state index contributed by atoms with van der Waals surface area (Å²) >= 11 is 0. The maximum Gasteiger partial charge on any atom is 0.277 e. The number of rotatable bonds is 3. The van der Waals surface area contributed by atoms with Gasteiger partial charge in [0.15, 0.2) is 5.82 Å². The highest BCUT2D eigenvalue weighted by molar-refractivity contribution is 6.06. The molecule has 0 aliphatic heterocycles. The Balaban J connectivity index is 2.27. The lowest BCUT2D eigenvalue weighted by molar-refractivity contribution is 0.101. The molecule has 0 radical (unpaired) electrons. The Kier molecular flexibility index (Phi) is 3.05. The number of amides is 1. The Labute approximate surface area is 104 Å². The fraction of sp³-hybridized carbons (Fsp3) is 0.364. The maximum absolute atomic E-state index is 12.1. The molecular weight excluding hydrogens is 232 g/mol. The highest BCUT2D eigenvalue weighted by Gasteiger charge is 2.18. The van der Waals surface area contributed by atoms with Gasteiger partial charge in [-0.2, -0.15) is 10.2 Å². The Hall–Kier alpha value is -2.31. The minimum absolute atomic E-state index is 0.304. The summed E-state index contributed by atoms with van der Waals surface area (Å²) in [7, 11) is 0. The Morgan fingerprint density at radius 3 is 2.83 bits per heavy atom. The highest BCUT2D eigenvalue weighted by atomic mass is 16.2. The van der Waals surface area contributed by atoms with Crippen LogP contribution in [0.3, 0.4) is 0 Å². The second-order valence-corrected chi connectivity index (χ2v) is 4.04. The molecule has 0 bridgehead atoms. The SMILES string of the molecule is CCn1ncc(N)c1C(=O)Nc1n[nH]c(C)c1C. The Morgan fingerprint density at radius 1 is 1.56 bits per heavy atom. The van der Waals surface area contributed by atoms with E-state index in [0.717, 1.165) is 11.3 Å². The van der Waals surface area contributed by atoms with Crippen LogP contribution in [0.2, 0.25) is 0 Å². The van der Waals surface area contributed by atoms with Crippen molar-refractivity contribution in [2.24, 2.45) is 0 Å². The number of nitrogens with zero attached hydrogens (tertiary/aromatic N) is 3. The van der Waals surface area contributed by atoms with E-state index in [0.29, 0.717) is 23.7 Å². The van der Waals surface area contributed by atoms with Crippen LogP contribution < -0.4 is 11.1 Å². The molecule has 18 heavy (non-hydrogen) atoms. The van der Waals surface area contributed by atoms with Crippen LogP contribution in [0.1, 0.15) is 28.7 Å². The summed E-state index contributed by atoms with van der Waals surface area (Å²) in [5.74, 6) is 0.210. The first-order chi connectivity index (χ1) is 8.54. The molecule has 96 valence electrons. The number of nitrogen functional groups attached to an aromatic ring is 1. The van der Waals surface area contributed by atoms with Crippen LogP contribution in [0.5, 0.6) is 0 Å². The van der Waals surface area contributed by atoms with Crippen molar-refractivity contribution < 1.29 is 4.79 Å². The van der Waals surface area contributed by atoms with Gasteiger partial charge in [0.2, 0.25) is 0 Å². The van der Waals surface area contributed by atoms with Gasteiger partial charge in [0.25, 0.3) is 5.91 Å². The number of aromatic nitrogens is 4. The summed E-state index contributed by atoms with van der Waals surface area (Å²) in [5.41, 5.74) is 8.29. The number of carbonyl (C=O) groups excluding carboxylic acids is 1. The predicted octanol–water partition coefficient (Wildman–Crippen LogP) is 1.08. The lowest BCUT2D eigenvalue weighted by Crippen LogP contribution is -2.19. The monoisotopic (exact) mass is 248 g/mol. The molecule has 1 amide bonds. The van der Waals surface area contributed by atoms with Crippen molar-refractivity contribution in [3.8, 4) is 0 Å². The fourth-order valence-corrected chi connectivity index (χ4v) is 1.66. The summed E-state index contributed by atoms with van der Waals surface area (Å²) in [6.45, 7) is 6.25. The number of carbonyl (C=O) groups is 1. The van der Waals surface area contributed by atoms with Gasteiger partial charge in [-0.1, -0.05) is 0 Å². The molecule has 0 spiro atoms. The summed E-state index contributed by atoms with van der Waals surface area (Å²) in [4.78, 5) is 12.1. The van der Waals surface area contributed by atoms with Crippen LogP contribution in [0.4, 0.5) is 11.5 Å². The van der Waals surface area contributed by atoms with E-state index in [9.17, 15) is 4.79 Å². The van der Waals surface area contributed by atoms with Crippen molar-refractivity contribution in [3.63, 3.8) is 0 Å². The Morgan fingerprint density at radius 2 is 2.28 bits per heavy atom. The Bertz CT molecular complexity index is 582. The molecule has 0 aromatic carbocycles. The van der Waals surface area contributed by atoms with Crippen molar-refractivity contribution in [2.75, 3.05) is 11.1 Å². The first-order valence-electron chi connectivity index (χ1n) is 5.68. The van der Waals surface area contributed by atoms with E-state index in [4.69, 9.17) is 5.73 Å². The number of H-pyrrole nitrogens is 1. The first kappa shape index (κ1) is 12.2. The van der Waals surface area contributed by atoms with Crippen molar-refractivity contribution in [3.05, 3.63) is 23.1 Å². The third-order valence-corrected chi connectivity index (χ3v) is 2.87. The molecule has 2 aromatic heterocycles. The van der Waals surface area contributed by atoms with Gasteiger partial charge in [-0.25, -0.2) is 0 Å². The van der Waals surface area contributed by atoms with Gasteiger partial charge in [0, 0.05) is 17.8 Å². The summed E-state index contributed by atoms with van der Waals surface area (Å²) < 4.78 is 1.56. The zero-order chi connectivity index (χ0) is 13.3. The van der Waals surface area contributed by atoms with E-state index in [1.807, 2.05) is 20.8 Å². The van der Waals surface area contributed by atoms with Crippen molar-refractivity contribution in [1.82, 2.24) is 20.0 Å². The normalized spacial score (nSPS) is 10.6. The van der Waals surface area contributed by atoms with Gasteiger partial charge in [-0.15, -0.1) is 0 Å². The molecule has 0 aliphatic rings. The van der Waals surface area contributed by atoms with E-state index in [1.165, 1.54) is 6.20 Å². The standard InChI is InChI=1S/C11H16N6O/c1-4-17-9(8(12)5-13-17)11(18)14-10-6(2)7(3)15-16-10/h5H,4,12H2,1-3H3,(H2,14,15,16,18). The third-order valence-electron chi connectivity index (χ3n) is 2.87. The van der Waals surface area contributed by atoms with Crippen LogP contribution in [0, 0.1) is 13.8 Å². The lowest BCUT2D eigenvalue weighted by Gasteiger charge is -2.06. The molecule has 4 N–H and O–H groups in total. The van der Waals surface area contributed by atoms with Gasteiger partial charge >= 0.3 is 0 Å². The van der Waals surface area contributed by atoms with E-state index < -0.39 is 0 Å². The lowest BCUT2D eigenvalue weighted by atomic mass is 10.2. The molecule has 7 heteroatoms. The average Bonchev–Trinajstić information content (AvgIpc) is 2.86. The minimum Gasteiger partial charge on any atom is -0.396 e. The largest absolute Gasteiger partial charge is 0.396 e. The summed E-state index contributed by atoms with van der Waals surface area (Å²) in [5, 5.41) is 13.6. The zero-order valence-corrected chi connectivity index (χ0v) is 10.6. The van der Waals surface area contributed by atoms with Crippen LogP contribution in [-0.4, -0.2) is 25.9 Å². The molecule has 0 saturated carbocycles. The fourth-order valence-electron chi connectivity index (χ4n) is 1.66. The quantitative estimate of drug-likeness (QED) is 0.756. The second kappa shape index (κ2) is 4.52. The number of hydrogen-bond donors (Lipinski definition) is 3. The second-order valence-electron chi connectivity index (χ2n) is 4.04. The van der Waals surface area contributed by atoms with Crippen LogP contribution in [-0.2, 0) is 6.54 Å². The number of anilines is 2. The number of nitrogens with two attached hydrogens (primary N) is 1. The molecular formula is C11H16N6O. The maximum atomic E-state index is 12.1. The van der Waals surface area contributed by atoms with E-state index in [2.05, 4.69) is 20.6 Å². The molecule has 2 rings (SSSR count). The summed E-state index contributed by atoms with van der Waals surface area (Å²) in [6.07, 6.45) is 1.47. The number of hydrogen-bond acceptors (Lipinski definition) is 4. The van der Waals surface area contributed by atoms with Crippen molar-refractivity contribution in [2.45, 2.75) is 27.3 Å². The van der Waals surface area contributed by atoms with Crippen LogP contribution in [0.25, 0.3) is 0 Å². The molecule has 0 saturated heterocycles. The minimum atomic E-state index is -0.304. The number of aromatic amines is 1. The smallest absolute Gasteiger partial charge is 0.277 e. The molecule has 2 heterocycles. The number of nitrogens with one attached hydrogen (secondary N) is 2. The number of aryl methyl sites for hydroxylation is 2. The van der Waals surface area contributed by atoms with Gasteiger partial charge in [0.1, 0.15) is 5.69 Å². The van der Waals surface area contributed by atoms with E-state index >= 15 is 0 Å². The van der Waals surface area contributed by atoms with Crippen molar-refractivity contribution in [1.29, 1.82) is 0 Å². The van der Waals surface area contributed by atoms with Gasteiger partial charge in [-0.05, 0) is 20.8 Å². The highest BCUT2D eigenvalue weighted by Crippen LogP contribution is 2.17. The molecule has 2 aromatic rings. The van der Waals surface area contributed by atoms with Crippen molar-refractivity contribution >= 4 is 17.4 Å². The average molecular weight is 248 g/mol. The molecule has 0 fully saturated rings. The molecule has 0 aliphatic carbocycles. The van der Waals surface area contributed by atoms with Gasteiger partial charge < -0.3 is 11.1 Å². The summed E-state index contributed by atoms with van der Waals surface area (Å²) in [6, 6.07) is 0. The van der Waals surface area contributed by atoms with Gasteiger partial charge in [0.05, 0.1) is 11.9 Å². The zero-order valence-electron chi connectivity index (χ0n) is 10.6. The topological polar surface area (TPSA) is 102 Å². The molecule has 7 nitrogen and oxygen atoms in total. The van der Waals surface area contributed by atoms with Crippen LogP contribution >= 0.6 is 0 Å². The van der Waals surface area contributed by atoms with E-state index in [1.54, 1.807) is 4.68 Å². The van der Waals surface area contributed by atoms with Gasteiger partial charge in [-0.3, -0.25) is 14.6 Å². The first-order valence-corrected chi connectivity index (χ1v) is 5.68.